The minimum absolute atomic E-state index is 0.433. The van der Waals surface area contributed by atoms with Crippen molar-refractivity contribution < 1.29 is 5.11 Å². The van der Waals surface area contributed by atoms with Gasteiger partial charge in [0.15, 0.2) is 0 Å². The van der Waals surface area contributed by atoms with E-state index in [9.17, 15) is 5.11 Å². The second kappa shape index (κ2) is 6.65. The Morgan fingerprint density at radius 1 is 1.35 bits per heavy atom. The maximum Gasteiger partial charge on any atom is 0.0972 e. The number of halogens is 1. The van der Waals surface area contributed by atoms with Gasteiger partial charge in [0.05, 0.1) is 33.1 Å². The maximum atomic E-state index is 10.4. The third-order valence-corrected chi connectivity index (χ3v) is 4.57. The van der Waals surface area contributed by atoms with E-state index in [1.165, 1.54) is 11.5 Å². The van der Waals surface area contributed by atoms with E-state index < -0.39 is 6.10 Å². The van der Waals surface area contributed by atoms with Gasteiger partial charge in [-0.2, -0.15) is 5.10 Å². The molecular weight excluding hydrogens is 296 g/mol. The van der Waals surface area contributed by atoms with Gasteiger partial charge in [-0.3, -0.25) is 4.68 Å². The van der Waals surface area contributed by atoms with E-state index in [-0.39, 0.29) is 0 Å². The predicted octanol–water partition coefficient (Wildman–Crippen LogP) is 2.72. The molecule has 0 spiro atoms. The Labute approximate surface area is 127 Å². The summed E-state index contributed by atoms with van der Waals surface area (Å²) >= 11 is 7.57. The molecule has 0 aliphatic carbocycles. The van der Waals surface area contributed by atoms with Crippen molar-refractivity contribution in [3.05, 3.63) is 27.0 Å². The fraction of sp³-hybridized carbons (Fsp3) is 0.615. The Hall–Kier alpha value is -0.980. The standard InChI is InChI=1S/C13H19ClN4OS/c1-4-6-9-13(20-17-15-9)11(19)7-10-12(14)8(5-2)16-18(10)3/h11,19H,4-7H2,1-3H3. The van der Waals surface area contributed by atoms with Crippen LogP contribution in [-0.2, 0) is 26.3 Å². The van der Waals surface area contributed by atoms with Gasteiger partial charge in [-0.15, -0.1) is 5.10 Å². The fourth-order valence-corrected chi connectivity index (χ4v) is 3.25. The summed E-state index contributed by atoms with van der Waals surface area (Å²) in [6, 6.07) is 0. The van der Waals surface area contributed by atoms with Crippen molar-refractivity contribution in [2.24, 2.45) is 7.05 Å². The number of nitrogens with zero attached hydrogens (tertiary/aromatic N) is 4. The molecule has 20 heavy (non-hydrogen) atoms. The summed E-state index contributed by atoms with van der Waals surface area (Å²) in [4.78, 5) is 0.835. The van der Waals surface area contributed by atoms with Crippen molar-refractivity contribution in [1.82, 2.24) is 19.4 Å². The van der Waals surface area contributed by atoms with Gasteiger partial charge in [0, 0.05) is 13.5 Å². The monoisotopic (exact) mass is 314 g/mol. The summed E-state index contributed by atoms with van der Waals surface area (Å²) in [6.07, 6.45) is 2.41. The molecule has 1 atom stereocenters. The zero-order chi connectivity index (χ0) is 14.7. The van der Waals surface area contributed by atoms with Crippen molar-refractivity contribution in [2.75, 3.05) is 0 Å². The normalized spacial score (nSPS) is 12.8. The molecule has 2 aromatic rings. The molecule has 2 aromatic heterocycles. The summed E-state index contributed by atoms with van der Waals surface area (Å²) in [5.41, 5.74) is 2.61. The Morgan fingerprint density at radius 3 is 2.70 bits per heavy atom. The number of rotatable bonds is 6. The van der Waals surface area contributed by atoms with E-state index in [1.54, 1.807) is 4.68 Å². The Balaban J connectivity index is 2.21. The van der Waals surface area contributed by atoms with E-state index in [2.05, 4.69) is 21.6 Å². The summed E-state index contributed by atoms with van der Waals surface area (Å²) in [6.45, 7) is 4.10. The average Bonchev–Trinajstić information content (AvgIpc) is 2.98. The molecule has 0 amide bonds. The van der Waals surface area contributed by atoms with Gasteiger partial charge >= 0.3 is 0 Å². The third kappa shape index (κ3) is 3.02. The number of hydrogen-bond acceptors (Lipinski definition) is 5. The molecule has 0 bridgehead atoms. The number of aromatic nitrogens is 4. The molecule has 2 rings (SSSR count). The molecule has 0 fully saturated rings. The predicted molar refractivity (Wildman–Crippen MR) is 80.2 cm³/mol. The molecule has 1 N–H and O–H groups in total. The van der Waals surface area contributed by atoms with Gasteiger partial charge in [-0.1, -0.05) is 36.4 Å². The highest BCUT2D eigenvalue weighted by Crippen LogP contribution is 2.29. The van der Waals surface area contributed by atoms with Crippen LogP contribution in [0.15, 0.2) is 0 Å². The highest BCUT2D eigenvalue weighted by Gasteiger charge is 2.21. The van der Waals surface area contributed by atoms with Crippen LogP contribution in [-0.4, -0.2) is 24.5 Å². The largest absolute Gasteiger partial charge is 0.387 e. The van der Waals surface area contributed by atoms with Crippen LogP contribution in [0, 0.1) is 0 Å². The van der Waals surface area contributed by atoms with Crippen LogP contribution in [0.3, 0.4) is 0 Å². The van der Waals surface area contributed by atoms with Gasteiger partial charge in [0.25, 0.3) is 0 Å². The second-order valence-electron chi connectivity index (χ2n) is 4.74. The van der Waals surface area contributed by atoms with Gasteiger partial charge in [-0.25, -0.2) is 0 Å². The first kappa shape index (κ1) is 15.4. The number of aliphatic hydroxyl groups excluding tert-OH is 1. The van der Waals surface area contributed by atoms with E-state index in [0.29, 0.717) is 11.4 Å². The van der Waals surface area contributed by atoms with Crippen LogP contribution in [0.25, 0.3) is 0 Å². The highest BCUT2D eigenvalue weighted by atomic mass is 35.5. The maximum absolute atomic E-state index is 10.4. The number of aryl methyl sites for hydroxylation is 3. The highest BCUT2D eigenvalue weighted by molar-refractivity contribution is 7.05. The molecule has 0 aliphatic heterocycles. The molecule has 2 heterocycles. The van der Waals surface area contributed by atoms with E-state index in [1.807, 2.05) is 14.0 Å². The average molecular weight is 315 g/mol. The summed E-state index contributed by atoms with van der Waals surface area (Å²) in [5.74, 6) is 0. The molecule has 0 saturated carbocycles. The molecular formula is C13H19ClN4OS. The van der Waals surface area contributed by atoms with Crippen LogP contribution in [0.4, 0.5) is 0 Å². The smallest absolute Gasteiger partial charge is 0.0972 e. The first-order valence-corrected chi connectivity index (χ1v) is 7.93. The lowest BCUT2D eigenvalue weighted by Crippen LogP contribution is -2.07. The molecule has 110 valence electrons. The molecule has 5 nitrogen and oxygen atoms in total. The van der Waals surface area contributed by atoms with Gasteiger partial charge < -0.3 is 5.11 Å². The number of hydrogen-bond donors (Lipinski definition) is 1. The molecule has 0 saturated heterocycles. The molecule has 0 aliphatic rings. The minimum Gasteiger partial charge on any atom is -0.387 e. The van der Waals surface area contributed by atoms with Crippen LogP contribution < -0.4 is 0 Å². The Morgan fingerprint density at radius 2 is 2.10 bits per heavy atom. The zero-order valence-electron chi connectivity index (χ0n) is 11.9. The van der Waals surface area contributed by atoms with Crippen molar-refractivity contribution in [3.63, 3.8) is 0 Å². The van der Waals surface area contributed by atoms with E-state index in [4.69, 9.17) is 11.6 Å². The van der Waals surface area contributed by atoms with Gasteiger partial charge in [0.1, 0.15) is 0 Å². The molecule has 0 aromatic carbocycles. The van der Waals surface area contributed by atoms with Crippen molar-refractivity contribution in [1.29, 1.82) is 0 Å². The topological polar surface area (TPSA) is 63.8 Å². The fourth-order valence-electron chi connectivity index (χ4n) is 2.20. The zero-order valence-corrected chi connectivity index (χ0v) is 13.5. The summed E-state index contributed by atoms with van der Waals surface area (Å²) < 4.78 is 5.69. The lowest BCUT2D eigenvalue weighted by molar-refractivity contribution is 0.178. The first-order chi connectivity index (χ1) is 9.58. The SMILES string of the molecule is CCCc1nnsc1C(O)Cc1c(Cl)c(CC)nn1C. The van der Waals surface area contributed by atoms with Crippen LogP contribution in [0.2, 0.25) is 5.02 Å². The lowest BCUT2D eigenvalue weighted by Gasteiger charge is -2.10. The van der Waals surface area contributed by atoms with Crippen LogP contribution in [0.1, 0.15) is 48.3 Å². The third-order valence-electron chi connectivity index (χ3n) is 3.26. The van der Waals surface area contributed by atoms with E-state index in [0.717, 1.165) is 41.2 Å². The van der Waals surface area contributed by atoms with Gasteiger partial charge in [0.2, 0.25) is 0 Å². The van der Waals surface area contributed by atoms with Crippen LogP contribution >= 0.6 is 23.1 Å². The molecule has 7 heteroatoms. The number of aliphatic hydroxyl groups is 1. The second-order valence-corrected chi connectivity index (χ2v) is 5.90. The molecule has 1 unspecified atom stereocenters. The minimum atomic E-state index is -0.630. The van der Waals surface area contributed by atoms with Crippen molar-refractivity contribution in [3.8, 4) is 0 Å². The molecule has 0 radical (unpaired) electrons. The Bertz CT molecular complexity index is 581. The quantitative estimate of drug-likeness (QED) is 0.890. The van der Waals surface area contributed by atoms with E-state index >= 15 is 0 Å². The van der Waals surface area contributed by atoms with Crippen molar-refractivity contribution >= 4 is 23.1 Å². The lowest BCUT2D eigenvalue weighted by atomic mass is 10.1. The summed E-state index contributed by atoms with van der Waals surface area (Å²) in [7, 11) is 1.85. The summed E-state index contributed by atoms with van der Waals surface area (Å²) in [5, 5.41) is 19.5. The van der Waals surface area contributed by atoms with Crippen molar-refractivity contribution in [2.45, 2.75) is 45.6 Å². The first-order valence-electron chi connectivity index (χ1n) is 6.77. The van der Waals surface area contributed by atoms with Gasteiger partial charge in [-0.05, 0) is 24.4 Å². The Kier molecular flexibility index (Phi) is 5.12. The van der Waals surface area contributed by atoms with Crippen LogP contribution in [0.5, 0.6) is 0 Å².